The molecule has 0 spiro atoms. The Morgan fingerprint density at radius 2 is 1.53 bits per heavy atom. The molecule has 0 saturated heterocycles. The lowest BCUT2D eigenvalue weighted by atomic mass is 10.0. The van der Waals surface area contributed by atoms with Crippen molar-refractivity contribution in [2.24, 2.45) is 0 Å². The lowest BCUT2D eigenvalue weighted by Gasteiger charge is -2.01. The molecular formula is C16H28O. The van der Waals surface area contributed by atoms with Gasteiger partial charge in [0.15, 0.2) is 0 Å². The predicted molar refractivity (Wildman–Crippen MR) is 77.5 cm³/mol. The largest absolute Gasteiger partial charge is 0.300 e. The van der Waals surface area contributed by atoms with E-state index in [4.69, 9.17) is 0 Å². The fourth-order valence-electron chi connectivity index (χ4n) is 1.48. The van der Waals surface area contributed by atoms with Gasteiger partial charge in [-0.05, 0) is 37.3 Å². The monoisotopic (exact) mass is 236 g/mol. The molecule has 1 aromatic carbocycles. The predicted octanol–water partition coefficient (Wildman–Crippen LogP) is 4.82. The summed E-state index contributed by atoms with van der Waals surface area (Å²) in [4.78, 5) is 10.7. The number of carbonyl (C=O) groups is 1. The molecule has 1 nitrogen and oxygen atoms in total. The van der Waals surface area contributed by atoms with Crippen LogP contribution in [0.25, 0.3) is 0 Å². The van der Waals surface area contributed by atoms with Gasteiger partial charge in [0.1, 0.15) is 5.78 Å². The normalized spacial score (nSPS) is 8.71. The maximum absolute atomic E-state index is 10.7. The Morgan fingerprint density at radius 1 is 1.06 bits per heavy atom. The van der Waals surface area contributed by atoms with Gasteiger partial charge in [-0.1, -0.05) is 52.5 Å². The summed E-state index contributed by atoms with van der Waals surface area (Å²) in [7, 11) is 0. The zero-order valence-electron chi connectivity index (χ0n) is 11.0. The Labute approximate surface area is 107 Å². The van der Waals surface area contributed by atoms with Crippen LogP contribution in [0.1, 0.15) is 59.1 Å². The lowest BCUT2D eigenvalue weighted by Crippen LogP contribution is -1.92. The highest BCUT2D eigenvalue weighted by atomic mass is 16.1. The third kappa shape index (κ3) is 8.67. The second-order valence-corrected chi connectivity index (χ2v) is 3.73. The fourth-order valence-corrected chi connectivity index (χ4v) is 1.48. The van der Waals surface area contributed by atoms with Crippen molar-refractivity contribution in [2.75, 3.05) is 0 Å². The van der Waals surface area contributed by atoms with Crippen molar-refractivity contribution in [3.8, 4) is 0 Å². The van der Waals surface area contributed by atoms with E-state index in [2.05, 4.69) is 31.2 Å². The summed E-state index contributed by atoms with van der Waals surface area (Å²) in [6, 6.07) is 8.67. The number of aryl methyl sites for hydroxylation is 2. The van der Waals surface area contributed by atoms with Crippen LogP contribution in [0.5, 0.6) is 0 Å². The standard InChI is InChI=1S/C13H18O.C2H6.CH4/c1-3-12-7-9-13(10-8-12)6-4-5-11(2)14;1-2;/h7-10H,3-6H2,1-2H3;1-2H3;1H4. The van der Waals surface area contributed by atoms with Gasteiger partial charge in [-0.25, -0.2) is 0 Å². The van der Waals surface area contributed by atoms with E-state index in [1.54, 1.807) is 6.92 Å². The van der Waals surface area contributed by atoms with Crippen LogP contribution in [0.4, 0.5) is 0 Å². The van der Waals surface area contributed by atoms with Gasteiger partial charge in [0.25, 0.3) is 0 Å². The number of ketones is 1. The molecule has 0 aliphatic heterocycles. The Kier molecular flexibility index (Phi) is 12.2. The van der Waals surface area contributed by atoms with Crippen molar-refractivity contribution in [1.29, 1.82) is 0 Å². The maximum Gasteiger partial charge on any atom is 0.129 e. The molecule has 1 aromatic rings. The van der Waals surface area contributed by atoms with Gasteiger partial charge in [-0.3, -0.25) is 0 Å². The fraction of sp³-hybridized carbons (Fsp3) is 0.562. The Morgan fingerprint density at radius 3 is 1.94 bits per heavy atom. The van der Waals surface area contributed by atoms with E-state index in [0.717, 1.165) is 19.3 Å². The molecule has 0 N–H and O–H groups in total. The van der Waals surface area contributed by atoms with Crippen LogP contribution in [0.2, 0.25) is 0 Å². The molecule has 0 bridgehead atoms. The van der Waals surface area contributed by atoms with Crippen LogP contribution in [0.3, 0.4) is 0 Å². The van der Waals surface area contributed by atoms with Gasteiger partial charge in [-0.2, -0.15) is 0 Å². The molecule has 1 heteroatoms. The van der Waals surface area contributed by atoms with E-state index in [0.29, 0.717) is 6.42 Å². The van der Waals surface area contributed by atoms with E-state index in [1.807, 2.05) is 13.8 Å². The topological polar surface area (TPSA) is 17.1 Å². The molecule has 0 radical (unpaired) electrons. The number of benzene rings is 1. The summed E-state index contributed by atoms with van der Waals surface area (Å²) >= 11 is 0. The van der Waals surface area contributed by atoms with Crippen molar-refractivity contribution < 1.29 is 4.79 Å². The van der Waals surface area contributed by atoms with Crippen LogP contribution >= 0.6 is 0 Å². The first-order valence-electron chi connectivity index (χ1n) is 6.29. The second kappa shape index (κ2) is 11.4. The number of Topliss-reactive ketones (excluding diaryl/α,β-unsaturated/α-hetero) is 1. The van der Waals surface area contributed by atoms with Gasteiger partial charge < -0.3 is 4.79 Å². The summed E-state index contributed by atoms with van der Waals surface area (Å²) in [5.74, 6) is 0.287. The van der Waals surface area contributed by atoms with Gasteiger partial charge in [0, 0.05) is 6.42 Å². The van der Waals surface area contributed by atoms with Crippen molar-refractivity contribution >= 4 is 5.78 Å². The first-order valence-corrected chi connectivity index (χ1v) is 6.29. The minimum absolute atomic E-state index is 0. The van der Waals surface area contributed by atoms with Gasteiger partial charge >= 0.3 is 0 Å². The molecule has 17 heavy (non-hydrogen) atoms. The molecule has 0 saturated carbocycles. The van der Waals surface area contributed by atoms with Gasteiger partial charge in [-0.15, -0.1) is 0 Å². The first-order chi connectivity index (χ1) is 7.72. The van der Waals surface area contributed by atoms with Crippen molar-refractivity contribution in [3.63, 3.8) is 0 Å². The van der Waals surface area contributed by atoms with Crippen molar-refractivity contribution in [1.82, 2.24) is 0 Å². The maximum atomic E-state index is 10.7. The van der Waals surface area contributed by atoms with Crippen molar-refractivity contribution in [3.05, 3.63) is 35.4 Å². The van der Waals surface area contributed by atoms with Crippen LogP contribution in [-0.4, -0.2) is 5.78 Å². The minimum atomic E-state index is 0. The molecule has 0 aliphatic carbocycles. The molecule has 0 heterocycles. The Balaban J connectivity index is 0. The first kappa shape index (κ1) is 18.3. The van der Waals surface area contributed by atoms with Gasteiger partial charge in [0.05, 0.1) is 0 Å². The number of rotatable bonds is 5. The summed E-state index contributed by atoms with van der Waals surface area (Å²) in [6.45, 7) is 7.81. The molecule has 0 amide bonds. The lowest BCUT2D eigenvalue weighted by molar-refractivity contribution is -0.117. The van der Waals surface area contributed by atoms with E-state index in [1.165, 1.54) is 11.1 Å². The molecule has 0 aromatic heterocycles. The molecule has 0 unspecified atom stereocenters. The third-order valence-corrected chi connectivity index (χ3v) is 2.43. The second-order valence-electron chi connectivity index (χ2n) is 3.73. The van der Waals surface area contributed by atoms with Crippen molar-refractivity contribution in [2.45, 2.75) is 60.8 Å². The van der Waals surface area contributed by atoms with E-state index >= 15 is 0 Å². The van der Waals surface area contributed by atoms with Crippen LogP contribution in [0.15, 0.2) is 24.3 Å². The van der Waals surface area contributed by atoms with Crippen LogP contribution in [0, 0.1) is 0 Å². The Hall–Kier alpha value is -1.11. The molecule has 98 valence electrons. The SMILES string of the molecule is C.CC.CCc1ccc(CCCC(C)=O)cc1. The summed E-state index contributed by atoms with van der Waals surface area (Å²) in [5, 5.41) is 0. The molecule has 0 atom stereocenters. The molecule has 0 fully saturated rings. The molecule has 0 aliphatic rings. The highest BCUT2D eigenvalue weighted by Gasteiger charge is 1.96. The van der Waals surface area contributed by atoms with Crippen LogP contribution in [-0.2, 0) is 17.6 Å². The summed E-state index contributed by atoms with van der Waals surface area (Å²) < 4.78 is 0. The Bertz CT molecular complexity index is 285. The summed E-state index contributed by atoms with van der Waals surface area (Å²) in [6.07, 6.45) is 3.79. The molecule has 1 rings (SSSR count). The zero-order chi connectivity index (χ0) is 12.4. The number of carbonyl (C=O) groups excluding carboxylic acids is 1. The van der Waals surface area contributed by atoms with Gasteiger partial charge in [0.2, 0.25) is 0 Å². The van der Waals surface area contributed by atoms with Crippen LogP contribution < -0.4 is 0 Å². The average molecular weight is 236 g/mol. The third-order valence-electron chi connectivity index (χ3n) is 2.43. The minimum Gasteiger partial charge on any atom is -0.300 e. The van der Waals surface area contributed by atoms with E-state index in [9.17, 15) is 4.79 Å². The zero-order valence-corrected chi connectivity index (χ0v) is 11.0. The smallest absolute Gasteiger partial charge is 0.129 e. The summed E-state index contributed by atoms with van der Waals surface area (Å²) in [5.41, 5.74) is 2.71. The number of hydrogen-bond donors (Lipinski definition) is 0. The number of hydrogen-bond acceptors (Lipinski definition) is 1. The van der Waals surface area contributed by atoms with E-state index < -0.39 is 0 Å². The van der Waals surface area contributed by atoms with E-state index in [-0.39, 0.29) is 13.2 Å². The highest BCUT2D eigenvalue weighted by Crippen LogP contribution is 2.08. The quantitative estimate of drug-likeness (QED) is 0.716. The highest BCUT2D eigenvalue weighted by molar-refractivity contribution is 5.75. The average Bonchev–Trinajstić information content (AvgIpc) is 2.32. The molecular weight excluding hydrogens is 208 g/mol.